The van der Waals surface area contributed by atoms with Crippen LogP contribution in [0.4, 0.5) is 10.8 Å². The zero-order valence-corrected chi connectivity index (χ0v) is 16.6. The van der Waals surface area contributed by atoms with E-state index >= 15 is 0 Å². The van der Waals surface area contributed by atoms with Crippen molar-refractivity contribution in [3.8, 4) is 5.75 Å². The van der Waals surface area contributed by atoms with Crippen molar-refractivity contribution in [1.29, 1.82) is 0 Å². The predicted molar refractivity (Wildman–Crippen MR) is 110 cm³/mol. The lowest BCUT2D eigenvalue weighted by atomic mass is 10.1. The average Bonchev–Trinajstić information content (AvgIpc) is 3.15. The summed E-state index contributed by atoms with van der Waals surface area (Å²) in [6.45, 7) is 1.97. The molecule has 0 radical (unpaired) electrons. The van der Waals surface area contributed by atoms with E-state index in [1.54, 1.807) is 7.11 Å². The van der Waals surface area contributed by atoms with Gasteiger partial charge >= 0.3 is 0 Å². The van der Waals surface area contributed by atoms with Crippen molar-refractivity contribution >= 4 is 39.8 Å². The Hall–Kier alpha value is -2.58. The number of rotatable bonds is 8. The van der Waals surface area contributed by atoms with Crippen LogP contribution in [-0.4, -0.2) is 29.0 Å². The number of benzene rings is 2. The lowest BCUT2D eigenvalue weighted by Gasteiger charge is -2.13. The minimum Gasteiger partial charge on any atom is -0.497 e. The number of hydrogen-bond donors (Lipinski definition) is 2. The van der Waals surface area contributed by atoms with Crippen LogP contribution in [0.5, 0.6) is 5.75 Å². The van der Waals surface area contributed by atoms with Gasteiger partial charge in [0.15, 0.2) is 4.34 Å². The van der Waals surface area contributed by atoms with E-state index in [0.717, 1.165) is 21.3 Å². The molecule has 8 heteroatoms. The van der Waals surface area contributed by atoms with E-state index in [0.29, 0.717) is 10.9 Å². The van der Waals surface area contributed by atoms with E-state index in [4.69, 9.17) is 4.74 Å². The summed E-state index contributed by atoms with van der Waals surface area (Å²) in [5.41, 5.74) is 1.98. The Labute approximate surface area is 166 Å². The second-order valence-corrected chi connectivity index (χ2v) is 7.92. The molecule has 1 amide bonds. The van der Waals surface area contributed by atoms with E-state index in [1.807, 2.05) is 61.5 Å². The zero-order chi connectivity index (χ0) is 19.1. The molecule has 6 nitrogen and oxygen atoms in total. The summed E-state index contributed by atoms with van der Waals surface area (Å²) >= 11 is 2.79. The van der Waals surface area contributed by atoms with Gasteiger partial charge in [-0.2, -0.15) is 0 Å². The fraction of sp³-hybridized carbons (Fsp3) is 0.211. The van der Waals surface area contributed by atoms with E-state index in [2.05, 4.69) is 20.8 Å². The van der Waals surface area contributed by atoms with E-state index in [9.17, 15) is 4.79 Å². The maximum Gasteiger partial charge on any atom is 0.230 e. The highest BCUT2D eigenvalue weighted by Crippen LogP contribution is 2.28. The zero-order valence-electron chi connectivity index (χ0n) is 15.0. The minimum atomic E-state index is -0.0313. The lowest BCUT2D eigenvalue weighted by Crippen LogP contribution is -2.28. The van der Waals surface area contributed by atoms with Crippen LogP contribution in [0.1, 0.15) is 18.5 Å². The van der Waals surface area contributed by atoms with Crippen molar-refractivity contribution in [2.45, 2.75) is 17.3 Å². The van der Waals surface area contributed by atoms with Gasteiger partial charge in [0, 0.05) is 5.69 Å². The second-order valence-electron chi connectivity index (χ2n) is 5.72. The number of hydrogen-bond acceptors (Lipinski definition) is 7. The molecule has 1 aromatic heterocycles. The first kappa shape index (κ1) is 19.2. The molecule has 0 saturated heterocycles. The largest absolute Gasteiger partial charge is 0.497 e. The van der Waals surface area contributed by atoms with Gasteiger partial charge in [-0.05, 0) is 36.8 Å². The van der Waals surface area contributed by atoms with Crippen LogP contribution in [-0.2, 0) is 4.79 Å². The molecule has 0 aliphatic carbocycles. The minimum absolute atomic E-state index is 0.0268. The topological polar surface area (TPSA) is 76.1 Å². The number of carbonyl (C=O) groups is 1. The van der Waals surface area contributed by atoms with Gasteiger partial charge in [-0.15, -0.1) is 10.2 Å². The Kier molecular flexibility index (Phi) is 6.67. The van der Waals surface area contributed by atoms with Crippen molar-refractivity contribution < 1.29 is 9.53 Å². The van der Waals surface area contributed by atoms with Crippen LogP contribution in [0.2, 0.25) is 0 Å². The van der Waals surface area contributed by atoms with Gasteiger partial charge < -0.3 is 15.4 Å². The van der Waals surface area contributed by atoms with Crippen LogP contribution in [0.15, 0.2) is 58.9 Å². The Bertz CT molecular complexity index is 869. The summed E-state index contributed by atoms with van der Waals surface area (Å²) < 4.78 is 5.88. The number of ether oxygens (including phenoxy) is 1. The standard InChI is InChI=1S/C19H20N4O2S2/c1-13(14-6-4-3-5-7-14)20-17(24)12-26-19-23-22-18(27-19)21-15-8-10-16(25-2)11-9-15/h3-11,13H,12H2,1-2H3,(H,20,24)(H,21,22)/t13-/m0/s1. The number of carbonyl (C=O) groups excluding carboxylic acids is 1. The normalized spacial score (nSPS) is 11.6. The number of nitrogens with zero attached hydrogens (tertiary/aromatic N) is 2. The Morgan fingerprint density at radius 1 is 1.15 bits per heavy atom. The van der Waals surface area contributed by atoms with Crippen LogP contribution >= 0.6 is 23.1 Å². The summed E-state index contributed by atoms with van der Waals surface area (Å²) in [6, 6.07) is 17.4. The van der Waals surface area contributed by atoms with E-state index < -0.39 is 0 Å². The maximum absolute atomic E-state index is 12.2. The Morgan fingerprint density at radius 3 is 2.59 bits per heavy atom. The molecular weight excluding hydrogens is 380 g/mol. The molecule has 3 rings (SSSR count). The number of nitrogens with one attached hydrogen (secondary N) is 2. The van der Waals surface area contributed by atoms with Crippen molar-refractivity contribution in [1.82, 2.24) is 15.5 Å². The quantitative estimate of drug-likeness (QED) is 0.550. The summed E-state index contributed by atoms with van der Waals surface area (Å²) in [7, 11) is 1.63. The summed E-state index contributed by atoms with van der Waals surface area (Å²) in [4.78, 5) is 12.2. The highest BCUT2D eigenvalue weighted by atomic mass is 32.2. The number of aromatic nitrogens is 2. The third-order valence-corrected chi connectivity index (χ3v) is 5.72. The average molecular weight is 401 g/mol. The lowest BCUT2D eigenvalue weighted by molar-refractivity contribution is -0.119. The van der Waals surface area contributed by atoms with Crippen LogP contribution in [0.3, 0.4) is 0 Å². The first-order valence-corrected chi connectivity index (χ1v) is 10.2. The van der Waals surface area contributed by atoms with Crippen molar-refractivity contribution in [2.75, 3.05) is 18.2 Å². The molecule has 0 spiro atoms. The van der Waals surface area contributed by atoms with Gasteiger partial charge in [0.1, 0.15) is 5.75 Å². The molecule has 2 aromatic carbocycles. The molecule has 0 saturated carbocycles. The van der Waals surface area contributed by atoms with E-state index in [1.165, 1.54) is 23.1 Å². The first-order valence-electron chi connectivity index (χ1n) is 8.36. The predicted octanol–water partition coefficient (Wildman–Crippen LogP) is 4.26. The van der Waals surface area contributed by atoms with E-state index in [-0.39, 0.29) is 11.9 Å². The smallest absolute Gasteiger partial charge is 0.230 e. The number of anilines is 2. The molecule has 0 fully saturated rings. The summed E-state index contributed by atoms with van der Waals surface area (Å²) in [6.07, 6.45) is 0. The molecule has 1 atom stereocenters. The monoisotopic (exact) mass is 400 g/mol. The molecule has 2 N–H and O–H groups in total. The molecule has 140 valence electrons. The first-order chi connectivity index (χ1) is 13.1. The number of amides is 1. The molecule has 1 heterocycles. The van der Waals surface area contributed by atoms with Crippen molar-refractivity contribution in [3.63, 3.8) is 0 Å². The van der Waals surface area contributed by atoms with Gasteiger partial charge in [-0.25, -0.2) is 0 Å². The molecule has 0 bridgehead atoms. The molecule has 3 aromatic rings. The third kappa shape index (κ3) is 5.70. The molecule has 0 aliphatic heterocycles. The second kappa shape index (κ2) is 9.38. The fourth-order valence-electron chi connectivity index (χ4n) is 2.35. The van der Waals surface area contributed by atoms with Gasteiger partial charge in [-0.3, -0.25) is 4.79 Å². The Balaban J connectivity index is 1.48. The fourth-order valence-corrected chi connectivity index (χ4v) is 3.94. The van der Waals surface area contributed by atoms with Crippen molar-refractivity contribution in [2.24, 2.45) is 0 Å². The number of methoxy groups -OCH3 is 1. The summed E-state index contributed by atoms with van der Waals surface area (Å²) in [5, 5.41) is 15.1. The molecule has 0 unspecified atom stereocenters. The molecule has 27 heavy (non-hydrogen) atoms. The number of thioether (sulfide) groups is 1. The van der Waals surface area contributed by atoms with Gasteiger partial charge in [0.05, 0.1) is 18.9 Å². The summed E-state index contributed by atoms with van der Waals surface area (Å²) in [5.74, 6) is 1.06. The van der Waals surface area contributed by atoms with Crippen LogP contribution in [0.25, 0.3) is 0 Å². The highest BCUT2D eigenvalue weighted by Gasteiger charge is 2.12. The molecule has 0 aliphatic rings. The third-order valence-electron chi connectivity index (χ3n) is 3.75. The van der Waals surface area contributed by atoms with Crippen LogP contribution < -0.4 is 15.4 Å². The molecular formula is C19H20N4O2S2. The SMILES string of the molecule is COc1ccc(Nc2nnc(SCC(=O)N[C@@H](C)c3ccccc3)s2)cc1. The highest BCUT2D eigenvalue weighted by molar-refractivity contribution is 8.01. The van der Waals surface area contributed by atoms with Gasteiger partial charge in [0.25, 0.3) is 0 Å². The van der Waals surface area contributed by atoms with Gasteiger partial charge in [0.2, 0.25) is 11.0 Å². The van der Waals surface area contributed by atoms with Crippen LogP contribution in [0, 0.1) is 0 Å². The maximum atomic E-state index is 12.2. The van der Waals surface area contributed by atoms with Crippen molar-refractivity contribution in [3.05, 3.63) is 60.2 Å². The Morgan fingerprint density at radius 2 is 1.89 bits per heavy atom. The van der Waals surface area contributed by atoms with Gasteiger partial charge in [-0.1, -0.05) is 53.4 Å².